The van der Waals surface area contributed by atoms with E-state index in [0.29, 0.717) is 12.8 Å². The Morgan fingerprint density at radius 2 is 1.00 bits per heavy atom. The highest BCUT2D eigenvalue weighted by atomic mass is 16.5. The van der Waals surface area contributed by atoms with Crippen molar-refractivity contribution in [3.63, 3.8) is 0 Å². The third-order valence-corrected chi connectivity index (χ3v) is 3.49. The molecule has 0 aromatic heterocycles. The largest absolute Gasteiger partial charge is 0.481 e. The first kappa shape index (κ1) is 31.2. The highest BCUT2D eigenvalue weighted by molar-refractivity contribution is 6.01. The lowest BCUT2D eigenvalue weighted by Crippen LogP contribution is -2.06. The van der Waals surface area contributed by atoms with Crippen LogP contribution in [0, 0.1) is 0 Å². The van der Waals surface area contributed by atoms with Crippen molar-refractivity contribution in [1.29, 1.82) is 0 Å². The third kappa shape index (κ3) is 20.3. The van der Waals surface area contributed by atoms with Gasteiger partial charge in [-0.2, -0.15) is 0 Å². The molecule has 4 N–H and O–H groups in total. The van der Waals surface area contributed by atoms with Crippen molar-refractivity contribution in [2.75, 3.05) is 26.4 Å². The summed E-state index contributed by atoms with van der Waals surface area (Å²) >= 11 is 0. The molecule has 0 aliphatic rings. The number of aromatic carboxylic acids is 2. The Hall–Kier alpha value is -2.98. The van der Waals surface area contributed by atoms with Gasteiger partial charge in [-0.1, -0.05) is 26.0 Å². The van der Waals surface area contributed by atoms with Crippen LogP contribution in [0.4, 0.5) is 0 Å². The van der Waals surface area contributed by atoms with Crippen LogP contribution in [-0.4, -0.2) is 70.7 Å². The molecule has 0 fully saturated rings. The van der Waals surface area contributed by atoms with Crippen LogP contribution >= 0.6 is 0 Å². The molecule has 0 radical (unpaired) electrons. The van der Waals surface area contributed by atoms with Gasteiger partial charge in [-0.25, -0.2) is 9.59 Å². The fraction of sp³-hybridized carbons (Fsp3) is 0.545. The summed E-state index contributed by atoms with van der Waals surface area (Å²) in [5.41, 5.74) is -0.380. The van der Waals surface area contributed by atoms with Gasteiger partial charge in [0.2, 0.25) is 0 Å². The summed E-state index contributed by atoms with van der Waals surface area (Å²) in [6, 6.07) is 5.48. The highest BCUT2D eigenvalue weighted by Crippen LogP contribution is 2.07. The molecule has 1 rings (SSSR count). The molecule has 0 heterocycles. The number of carboxylic acid groups (broad SMARTS) is 4. The predicted octanol–water partition coefficient (Wildman–Crippen LogP) is 3.64. The maximum atomic E-state index is 10.5. The van der Waals surface area contributed by atoms with Crippen LogP contribution in [0.3, 0.4) is 0 Å². The predicted molar refractivity (Wildman–Crippen MR) is 116 cm³/mol. The molecule has 32 heavy (non-hydrogen) atoms. The van der Waals surface area contributed by atoms with E-state index in [-0.39, 0.29) is 24.0 Å². The smallest absolute Gasteiger partial charge is 0.336 e. The zero-order chi connectivity index (χ0) is 24.8. The van der Waals surface area contributed by atoms with Gasteiger partial charge in [0.1, 0.15) is 0 Å². The van der Waals surface area contributed by atoms with E-state index in [2.05, 4.69) is 13.8 Å². The molecular formula is C22H34O10. The van der Waals surface area contributed by atoms with Gasteiger partial charge in [-0.3, -0.25) is 9.59 Å². The first-order valence-corrected chi connectivity index (χ1v) is 10.3. The summed E-state index contributed by atoms with van der Waals surface area (Å²) in [6.45, 7) is 7.41. The zero-order valence-corrected chi connectivity index (χ0v) is 18.6. The number of rotatable bonds is 14. The molecule has 0 saturated carbocycles. The topological polar surface area (TPSA) is 168 Å². The summed E-state index contributed by atoms with van der Waals surface area (Å²) < 4.78 is 10.4. The second-order valence-electron chi connectivity index (χ2n) is 6.38. The van der Waals surface area contributed by atoms with Crippen molar-refractivity contribution in [1.82, 2.24) is 0 Å². The molecule has 0 atom stereocenters. The molecule has 0 aliphatic carbocycles. The quantitative estimate of drug-likeness (QED) is 0.302. The van der Waals surface area contributed by atoms with Crippen molar-refractivity contribution < 1.29 is 49.1 Å². The number of carbonyl (C=O) groups is 4. The Bertz CT molecular complexity index is 615. The van der Waals surface area contributed by atoms with Crippen LogP contribution in [-0.2, 0) is 19.1 Å². The molecule has 10 nitrogen and oxygen atoms in total. The second-order valence-corrected chi connectivity index (χ2v) is 6.38. The molecule has 0 unspecified atom stereocenters. The Kier molecular flexibility index (Phi) is 20.7. The van der Waals surface area contributed by atoms with Crippen LogP contribution in [0.1, 0.15) is 73.1 Å². The Morgan fingerprint density at radius 3 is 1.25 bits per heavy atom. The van der Waals surface area contributed by atoms with Gasteiger partial charge in [-0.15, -0.1) is 0 Å². The lowest BCUT2D eigenvalue weighted by atomic mass is 10.1. The number of hydrogen-bond acceptors (Lipinski definition) is 6. The van der Waals surface area contributed by atoms with Crippen LogP contribution in [0.2, 0.25) is 0 Å². The number of benzene rings is 1. The lowest BCUT2D eigenvalue weighted by Gasteiger charge is -2.02. The standard InChI is InChI=1S/C8H6O4.C8H18O2.C6H10O4/c9-7(10)5-3-1-2-4-6(5)8(11)12;1-3-5-9-7-8-10-6-4-2;7-5(8)3-1-2-4-6(9)10/h1-4H,(H,9,10)(H,11,12);3-8H2,1-2H3;1-4H2,(H,7,8)(H,9,10). The fourth-order valence-electron chi connectivity index (χ4n) is 2.02. The van der Waals surface area contributed by atoms with Crippen molar-refractivity contribution in [3.8, 4) is 0 Å². The SMILES string of the molecule is CCCOCCOCCC.O=C(O)CCCCC(=O)O.O=C(O)c1ccccc1C(=O)O. The number of aliphatic carboxylic acids is 2. The van der Waals surface area contributed by atoms with E-state index in [1.807, 2.05) is 0 Å². The van der Waals surface area contributed by atoms with E-state index in [4.69, 9.17) is 29.9 Å². The van der Waals surface area contributed by atoms with Crippen molar-refractivity contribution in [3.05, 3.63) is 35.4 Å². The van der Waals surface area contributed by atoms with Crippen molar-refractivity contribution >= 4 is 23.9 Å². The maximum Gasteiger partial charge on any atom is 0.336 e. The minimum absolute atomic E-state index is 0.0628. The molecule has 0 spiro atoms. The molecule has 0 bridgehead atoms. The number of carboxylic acids is 4. The molecule has 0 aliphatic heterocycles. The van der Waals surface area contributed by atoms with E-state index in [0.717, 1.165) is 39.3 Å². The van der Waals surface area contributed by atoms with E-state index >= 15 is 0 Å². The molecule has 0 amide bonds. The number of unbranched alkanes of at least 4 members (excludes halogenated alkanes) is 1. The average Bonchev–Trinajstić information content (AvgIpc) is 2.74. The van der Waals surface area contributed by atoms with Gasteiger partial charge >= 0.3 is 23.9 Å². The van der Waals surface area contributed by atoms with Gasteiger partial charge in [0.25, 0.3) is 0 Å². The Labute approximate surface area is 187 Å². The first-order valence-electron chi connectivity index (χ1n) is 10.3. The van der Waals surface area contributed by atoms with Gasteiger partial charge in [-0.05, 0) is 37.8 Å². The summed E-state index contributed by atoms with van der Waals surface area (Å²) in [7, 11) is 0. The minimum atomic E-state index is -1.23. The molecule has 0 saturated heterocycles. The minimum Gasteiger partial charge on any atom is -0.481 e. The monoisotopic (exact) mass is 458 g/mol. The fourth-order valence-corrected chi connectivity index (χ4v) is 2.02. The van der Waals surface area contributed by atoms with Crippen molar-refractivity contribution in [2.24, 2.45) is 0 Å². The van der Waals surface area contributed by atoms with Gasteiger partial charge in [0, 0.05) is 26.1 Å². The normalized spacial score (nSPS) is 9.56. The molecular weight excluding hydrogens is 424 g/mol. The number of hydrogen-bond donors (Lipinski definition) is 4. The highest BCUT2D eigenvalue weighted by Gasteiger charge is 2.13. The zero-order valence-electron chi connectivity index (χ0n) is 18.6. The second kappa shape index (κ2) is 21.3. The lowest BCUT2D eigenvalue weighted by molar-refractivity contribution is -0.139. The van der Waals surface area contributed by atoms with Crippen LogP contribution in [0.25, 0.3) is 0 Å². The summed E-state index contributed by atoms with van der Waals surface area (Å²) in [6.07, 6.45) is 3.20. The van der Waals surface area contributed by atoms with Crippen LogP contribution in [0.5, 0.6) is 0 Å². The van der Waals surface area contributed by atoms with Crippen LogP contribution in [0.15, 0.2) is 24.3 Å². The molecule has 10 heteroatoms. The Balaban J connectivity index is 0. The third-order valence-electron chi connectivity index (χ3n) is 3.49. The van der Waals surface area contributed by atoms with E-state index in [1.165, 1.54) is 24.3 Å². The summed E-state index contributed by atoms with van der Waals surface area (Å²) in [5.74, 6) is -4.20. The van der Waals surface area contributed by atoms with Gasteiger partial charge in [0.15, 0.2) is 0 Å². The van der Waals surface area contributed by atoms with Crippen LogP contribution < -0.4 is 0 Å². The van der Waals surface area contributed by atoms with E-state index in [9.17, 15) is 19.2 Å². The van der Waals surface area contributed by atoms with Crippen molar-refractivity contribution in [2.45, 2.75) is 52.4 Å². The average molecular weight is 459 g/mol. The Morgan fingerprint density at radius 1 is 0.656 bits per heavy atom. The molecule has 1 aromatic rings. The van der Waals surface area contributed by atoms with Gasteiger partial charge in [0.05, 0.1) is 24.3 Å². The molecule has 1 aromatic carbocycles. The van der Waals surface area contributed by atoms with Gasteiger partial charge < -0.3 is 29.9 Å². The van der Waals surface area contributed by atoms with E-state index < -0.39 is 23.9 Å². The first-order chi connectivity index (χ1) is 15.2. The van der Waals surface area contributed by atoms with E-state index in [1.54, 1.807) is 0 Å². The number of ether oxygens (including phenoxy) is 2. The maximum absolute atomic E-state index is 10.5. The molecule has 182 valence electrons. The summed E-state index contributed by atoms with van der Waals surface area (Å²) in [5, 5.41) is 33.4. The summed E-state index contributed by atoms with van der Waals surface area (Å²) in [4.78, 5) is 40.7.